The van der Waals surface area contributed by atoms with E-state index in [1.807, 2.05) is 0 Å². The highest BCUT2D eigenvalue weighted by Crippen LogP contribution is 2.16. The highest BCUT2D eigenvalue weighted by molar-refractivity contribution is 5.16. The van der Waals surface area contributed by atoms with E-state index in [1.165, 1.54) is 50.9 Å². The molecule has 21 heavy (non-hydrogen) atoms. The summed E-state index contributed by atoms with van der Waals surface area (Å²) in [6.45, 7) is 5.71. The van der Waals surface area contributed by atoms with Crippen molar-refractivity contribution >= 4 is 0 Å². The van der Waals surface area contributed by atoms with E-state index in [0.29, 0.717) is 12.1 Å². The maximum Gasteiger partial charge on any atom is 0.0588 e. The molecule has 1 N–H and O–H groups in total. The molecular weight excluding hydrogens is 260 g/mol. The molecule has 2 saturated heterocycles. The third-order valence-electron chi connectivity index (χ3n) is 4.68. The molecule has 0 saturated carbocycles. The van der Waals surface area contributed by atoms with Gasteiger partial charge in [0.2, 0.25) is 0 Å². The lowest BCUT2D eigenvalue weighted by molar-refractivity contribution is 0.0916. The molecule has 2 aliphatic heterocycles. The number of ether oxygens (including phenoxy) is 1. The van der Waals surface area contributed by atoms with Crippen LogP contribution in [0.5, 0.6) is 0 Å². The van der Waals surface area contributed by atoms with Gasteiger partial charge in [-0.05, 0) is 50.8 Å². The van der Waals surface area contributed by atoms with Gasteiger partial charge in [0, 0.05) is 25.7 Å². The lowest BCUT2D eigenvalue weighted by atomic mass is 10.1. The Labute approximate surface area is 128 Å². The third kappa shape index (κ3) is 4.80. The normalized spacial score (nSPS) is 27.6. The molecular formula is C18H28N2O. The maximum absolute atomic E-state index is 5.76. The van der Waals surface area contributed by atoms with E-state index >= 15 is 0 Å². The Morgan fingerprint density at radius 2 is 2.10 bits per heavy atom. The van der Waals surface area contributed by atoms with Crippen LogP contribution in [0.3, 0.4) is 0 Å². The van der Waals surface area contributed by atoms with E-state index in [-0.39, 0.29) is 0 Å². The summed E-state index contributed by atoms with van der Waals surface area (Å²) in [5.41, 5.74) is 1.44. The van der Waals surface area contributed by atoms with Crippen LogP contribution in [-0.2, 0) is 11.2 Å². The summed E-state index contributed by atoms with van der Waals surface area (Å²) in [5, 5.41) is 3.72. The highest BCUT2D eigenvalue weighted by atomic mass is 16.5. The molecule has 0 aromatic heterocycles. The van der Waals surface area contributed by atoms with Crippen molar-refractivity contribution < 1.29 is 4.74 Å². The van der Waals surface area contributed by atoms with Crippen molar-refractivity contribution in [2.75, 3.05) is 32.8 Å². The molecule has 3 nitrogen and oxygen atoms in total. The summed E-state index contributed by atoms with van der Waals surface area (Å²) in [4.78, 5) is 2.63. The van der Waals surface area contributed by atoms with E-state index < -0.39 is 0 Å². The van der Waals surface area contributed by atoms with Gasteiger partial charge in [-0.1, -0.05) is 30.3 Å². The first-order chi connectivity index (χ1) is 10.4. The Kier molecular flexibility index (Phi) is 5.67. The van der Waals surface area contributed by atoms with Crippen LogP contribution < -0.4 is 5.32 Å². The molecule has 2 heterocycles. The molecule has 3 heteroatoms. The molecule has 0 spiro atoms. The second-order valence-corrected chi connectivity index (χ2v) is 6.42. The molecule has 2 fully saturated rings. The van der Waals surface area contributed by atoms with Gasteiger partial charge in [0.25, 0.3) is 0 Å². The van der Waals surface area contributed by atoms with Crippen molar-refractivity contribution in [3.63, 3.8) is 0 Å². The van der Waals surface area contributed by atoms with Gasteiger partial charge < -0.3 is 15.0 Å². The number of hydrogen-bond donors (Lipinski definition) is 1. The van der Waals surface area contributed by atoms with Gasteiger partial charge in [0.05, 0.1) is 6.10 Å². The van der Waals surface area contributed by atoms with Crippen molar-refractivity contribution in [1.29, 1.82) is 0 Å². The number of rotatable bonds is 5. The van der Waals surface area contributed by atoms with E-state index in [0.717, 1.165) is 19.6 Å². The SMILES string of the molecule is c1ccc(CC2CN(CCC3CCCO3)CCCN2)cc1. The smallest absolute Gasteiger partial charge is 0.0588 e. The summed E-state index contributed by atoms with van der Waals surface area (Å²) in [6.07, 6.45) is 6.64. The second-order valence-electron chi connectivity index (χ2n) is 6.42. The van der Waals surface area contributed by atoms with Gasteiger partial charge in [-0.2, -0.15) is 0 Å². The van der Waals surface area contributed by atoms with Crippen LogP contribution in [-0.4, -0.2) is 49.8 Å². The molecule has 2 atom stereocenters. The third-order valence-corrected chi connectivity index (χ3v) is 4.68. The Morgan fingerprint density at radius 1 is 1.19 bits per heavy atom. The molecule has 1 aromatic rings. The fourth-order valence-corrected chi connectivity index (χ4v) is 3.51. The molecule has 3 rings (SSSR count). The van der Waals surface area contributed by atoms with Gasteiger partial charge in [-0.15, -0.1) is 0 Å². The fraction of sp³-hybridized carbons (Fsp3) is 0.667. The Morgan fingerprint density at radius 3 is 2.90 bits per heavy atom. The maximum atomic E-state index is 5.76. The first-order valence-corrected chi connectivity index (χ1v) is 8.51. The van der Waals surface area contributed by atoms with Crippen molar-refractivity contribution in [2.24, 2.45) is 0 Å². The van der Waals surface area contributed by atoms with Crippen molar-refractivity contribution in [3.05, 3.63) is 35.9 Å². The largest absolute Gasteiger partial charge is 0.378 e. The monoisotopic (exact) mass is 288 g/mol. The summed E-state index contributed by atoms with van der Waals surface area (Å²) >= 11 is 0. The van der Waals surface area contributed by atoms with Crippen LogP contribution in [0.25, 0.3) is 0 Å². The minimum absolute atomic E-state index is 0.522. The van der Waals surface area contributed by atoms with E-state index in [4.69, 9.17) is 4.74 Å². The van der Waals surface area contributed by atoms with Crippen LogP contribution in [0.15, 0.2) is 30.3 Å². The summed E-state index contributed by atoms with van der Waals surface area (Å²) in [5.74, 6) is 0. The second kappa shape index (κ2) is 7.92. The average Bonchev–Trinajstić information content (AvgIpc) is 2.93. The Balaban J connectivity index is 1.48. The first kappa shape index (κ1) is 15.0. The highest BCUT2D eigenvalue weighted by Gasteiger charge is 2.20. The molecule has 0 bridgehead atoms. The number of nitrogens with one attached hydrogen (secondary N) is 1. The minimum Gasteiger partial charge on any atom is -0.378 e. The van der Waals surface area contributed by atoms with Gasteiger partial charge in [-0.25, -0.2) is 0 Å². The summed E-state index contributed by atoms with van der Waals surface area (Å²) < 4.78 is 5.76. The van der Waals surface area contributed by atoms with Crippen molar-refractivity contribution in [2.45, 2.75) is 44.2 Å². The zero-order valence-corrected chi connectivity index (χ0v) is 13.0. The number of benzene rings is 1. The van der Waals surface area contributed by atoms with Gasteiger partial charge >= 0.3 is 0 Å². The molecule has 2 aliphatic rings. The van der Waals surface area contributed by atoms with Gasteiger partial charge in [-0.3, -0.25) is 0 Å². The molecule has 0 amide bonds. The van der Waals surface area contributed by atoms with Crippen LogP contribution >= 0.6 is 0 Å². The lowest BCUT2D eigenvalue weighted by Gasteiger charge is -2.25. The molecule has 116 valence electrons. The first-order valence-electron chi connectivity index (χ1n) is 8.51. The van der Waals surface area contributed by atoms with Crippen LogP contribution in [0, 0.1) is 0 Å². The zero-order valence-electron chi connectivity index (χ0n) is 13.0. The lowest BCUT2D eigenvalue weighted by Crippen LogP contribution is -2.40. The molecule has 0 radical (unpaired) electrons. The van der Waals surface area contributed by atoms with Crippen LogP contribution in [0.4, 0.5) is 0 Å². The predicted octanol–water partition coefficient (Wildman–Crippen LogP) is 2.46. The van der Waals surface area contributed by atoms with Crippen molar-refractivity contribution in [3.8, 4) is 0 Å². The quantitative estimate of drug-likeness (QED) is 0.901. The fourth-order valence-electron chi connectivity index (χ4n) is 3.51. The molecule has 2 unspecified atom stereocenters. The van der Waals surface area contributed by atoms with Crippen LogP contribution in [0.1, 0.15) is 31.2 Å². The van der Waals surface area contributed by atoms with Crippen LogP contribution in [0.2, 0.25) is 0 Å². The van der Waals surface area contributed by atoms with Gasteiger partial charge in [0.15, 0.2) is 0 Å². The minimum atomic E-state index is 0.522. The van der Waals surface area contributed by atoms with E-state index in [1.54, 1.807) is 0 Å². The summed E-state index contributed by atoms with van der Waals surface area (Å²) in [7, 11) is 0. The van der Waals surface area contributed by atoms with E-state index in [9.17, 15) is 0 Å². The van der Waals surface area contributed by atoms with Crippen molar-refractivity contribution in [1.82, 2.24) is 10.2 Å². The standard InChI is InChI=1S/C18H28N2O/c1-2-6-16(7-3-1)14-17-15-20(11-5-10-19-17)12-9-18-8-4-13-21-18/h1-3,6-7,17-19H,4-5,8-15H2. The zero-order chi connectivity index (χ0) is 14.3. The van der Waals surface area contributed by atoms with Gasteiger partial charge in [0.1, 0.15) is 0 Å². The average molecular weight is 288 g/mol. The molecule has 1 aromatic carbocycles. The Hall–Kier alpha value is -0.900. The summed E-state index contributed by atoms with van der Waals surface area (Å²) in [6, 6.07) is 11.4. The van der Waals surface area contributed by atoms with E-state index in [2.05, 4.69) is 40.5 Å². The topological polar surface area (TPSA) is 24.5 Å². The number of hydrogen-bond acceptors (Lipinski definition) is 3. The molecule has 0 aliphatic carbocycles. The number of nitrogens with zero attached hydrogens (tertiary/aromatic N) is 1. The Bertz CT molecular complexity index is 403. The predicted molar refractivity (Wildman–Crippen MR) is 86.6 cm³/mol.